The molecule has 2 N–H and O–H groups in total. The van der Waals surface area contributed by atoms with Gasteiger partial charge >= 0.3 is 6.18 Å². The molecular formula is C21H24F3NO3. The lowest BCUT2D eigenvalue weighted by Crippen LogP contribution is -2.46. The Morgan fingerprint density at radius 2 is 1.89 bits per heavy atom. The van der Waals surface area contributed by atoms with Crippen LogP contribution in [0.15, 0.2) is 36.4 Å². The number of hydrogen-bond acceptors (Lipinski definition) is 4. The molecule has 1 unspecified atom stereocenters. The van der Waals surface area contributed by atoms with Crippen molar-refractivity contribution in [2.45, 2.75) is 38.1 Å². The van der Waals surface area contributed by atoms with Gasteiger partial charge in [0.25, 0.3) is 0 Å². The normalized spacial score (nSPS) is 13.0. The van der Waals surface area contributed by atoms with Crippen molar-refractivity contribution in [2.75, 3.05) is 20.3 Å². The second kappa shape index (κ2) is 9.18. The van der Waals surface area contributed by atoms with Gasteiger partial charge in [0, 0.05) is 17.6 Å². The number of nitrogens with one attached hydrogen (secondary N) is 1. The largest absolute Gasteiger partial charge is 0.491 e. The second-order valence-electron chi connectivity index (χ2n) is 7.11. The zero-order valence-electron chi connectivity index (χ0n) is 16.1. The van der Waals surface area contributed by atoms with E-state index in [4.69, 9.17) is 9.47 Å². The number of methoxy groups -OCH3 is 1. The number of aliphatic hydroxyl groups is 1. The highest BCUT2D eigenvalue weighted by Gasteiger charge is 2.30. The van der Waals surface area contributed by atoms with E-state index >= 15 is 0 Å². The van der Waals surface area contributed by atoms with Crippen molar-refractivity contribution in [3.8, 4) is 11.5 Å². The maximum atomic E-state index is 12.7. The molecule has 2 rings (SSSR count). The summed E-state index contributed by atoms with van der Waals surface area (Å²) in [5.41, 5.74) is -0.185. The molecule has 1 atom stereocenters. The monoisotopic (exact) mass is 395 g/mol. The summed E-state index contributed by atoms with van der Waals surface area (Å²) in [6.45, 7) is 4.07. The van der Waals surface area contributed by atoms with Crippen LogP contribution >= 0.6 is 0 Å². The highest BCUT2D eigenvalue weighted by atomic mass is 19.4. The van der Waals surface area contributed by atoms with Gasteiger partial charge in [-0.1, -0.05) is 12.1 Å². The molecule has 0 aromatic heterocycles. The quantitative estimate of drug-likeness (QED) is 0.680. The van der Waals surface area contributed by atoms with E-state index in [0.29, 0.717) is 12.2 Å². The van der Waals surface area contributed by atoms with Crippen molar-refractivity contribution in [3.63, 3.8) is 0 Å². The van der Waals surface area contributed by atoms with Gasteiger partial charge in [-0.05, 0) is 56.7 Å². The Kier molecular flexibility index (Phi) is 7.17. The molecule has 0 heterocycles. The lowest BCUT2D eigenvalue weighted by atomic mass is 9.95. The van der Waals surface area contributed by atoms with Crippen molar-refractivity contribution in [1.29, 1.82) is 0 Å². The number of halogens is 3. The number of rotatable bonds is 9. The smallest absolute Gasteiger partial charge is 0.416 e. The Morgan fingerprint density at radius 1 is 1.14 bits per heavy atom. The number of ether oxygens (including phenoxy) is 2. The molecule has 0 amide bonds. The van der Waals surface area contributed by atoms with Gasteiger partial charge in [0.15, 0.2) is 5.75 Å². The number of aliphatic hydroxyl groups excluding tert-OH is 1. The fraction of sp³-hybridized carbons (Fsp3) is 0.429. The molecule has 152 valence electrons. The molecule has 0 bridgehead atoms. The minimum atomic E-state index is -4.43. The predicted octanol–water partition coefficient (Wildman–Crippen LogP) is 3.66. The molecule has 7 heteroatoms. The Labute approximate surface area is 163 Å². The summed E-state index contributed by atoms with van der Waals surface area (Å²) >= 11 is 0. The van der Waals surface area contributed by atoms with Crippen LogP contribution in [0.1, 0.15) is 25.0 Å². The summed E-state index contributed by atoms with van der Waals surface area (Å²) in [7, 11) is 1.56. The van der Waals surface area contributed by atoms with Crippen molar-refractivity contribution in [2.24, 2.45) is 0 Å². The van der Waals surface area contributed by atoms with Crippen LogP contribution in [-0.4, -0.2) is 37.0 Å². The lowest BCUT2D eigenvalue weighted by Gasteiger charge is -2.27. The van der Waals surface area contributed by atoms with Crippen molar-refractivity contribution >= 4 is 0 Å². The third-order valence-corrected chi connectivity index (χ3v) is 4.05. The van der Waals surface area contributed by atoms with E-state index in [2.05, 4.69) is 17.4 Å². The van der Waals surface area contributed by atoms with E-state index in [1.165, 1.54) is 12.1 Å². The van der Waals surface area contributed by atoms with Gasteiger partial charge in [0.1, 0.15) is 18.5 Å². The number of alkyl halides is 3. The second-order valence-corrected chi connectivity index (χ2v) is 7.11. The molecule has 0 saturated carbocycles. The first-order chi connectivity index (χ1) is 13.1. The number of β-amino-alcohol motifs (C(OH)–C–C–N with tert-alkyl or cyclic N) is 1. The molecule has 0 spiro atoms. The average molecular weight is 395 g/mol. The molecule has 4 nitrogen and oxygen atoms in total. The highest BCUT2D eigenvalue weighted by molar-refractivity contribution is 5.30. The molecule has 28 heavy (non-hydrogen) atoms. The summed E-state index contributed by atoms with van der Waals surface area (Å²) < 4.78 is 48.5. The predicted molar refractivity (Wildman–Crippen MR) is 99.4 cm³/mol. The topological polar surface area (TPSA) is 50.7 Å². The first kappa shape index (κ1) is 21.9. The SMILES string of the molecule is COc1c#cc(CC(C)(C)NCC(O)COc2cccc(C(F)(F)F)c2)cc1. The van der Waals surface area contributed by atoms with Crippen molar-refractivity contribution < 1.29 is 27.8 Å². The minimum Gasteiger partial charge on any atom is -0.491 e. The van der Waals surface area contributed by atoms with Crippen LogP contribution in [0.3, 0.4) is 0 Å². The van der Waals surface area contributed by atoms with E-state index in [1.54, 1.807) is 13.2 Å². The van der Waals surface area contributed by atoms with Crippen LogP contribution in [0.5, 0.6) is 11.5 Å². The van der Waals surface area contributed by atoms with Gasteiger partial charge in [-0.2, -0.15) is 13.2 Å². The van der Waals surface area contributed by atoms with Crippen molar-refractivity contribution in [1.82, 2.24) is 5.32 Å². The highest BCUT2D eigenvalue weighted by Crippen LogP contribution is 2.31. The van der Waals surface area contributed by atoms with Gasteiger partial charge in [-0.3, -0.25) is 0 Å². The molecule has 0 fully saturated rings. The average Bonchev–Trinajstić information content (AvgIpc) is 2.65. The minimum absolute atomic E-state index is 0.0662. The molecule has 2 aromatic rings. The Hall–Kier alpha value is -2.43. The van der Waals surface area contributed by atoms with Gasteiger partial charge in [0.05, 0.1) is 12.7 Å². The molecule has 0 radical (unpaired) electrons. The lowest BCUT2D eigenvalue weighted by molar-refractivity contribution is -0.137. The van der Waals surface area contributed by atoms with Crippen LogP contribution in [0.4, 0.5) is 13.2 Å². The maximum absolute atomic E-state index is 12.7. The Balaban J connectivity index is 1.81. The Bertz CT molecular complexity index is 745. The fourth-order valence-electron chi connectivity index (χ4n) is 2.57. The van der Waals surface area contributed by atoms with Crippen LogP contribution in [0.2, 0.25) is 0 Å². The molecule has 0 aliphatic rings. The third-order valence-electron chi connectivity index (χ3n) is 4.05. The first-order valence-corrected chi connectivity index (χ1v) is 8.79. The zero-order chi connectivity index (χ0) is 20.8. The number of hydrogen-bond donors (Lipinski definition) is 2. The summed E-state index contributed by atoms with van der Waals surface area (Å²) in [5, 5.41) is 13.3. The standard InChI is InChI=1S/C21H24F3NO3/c1-20(2,12-15-7-9-18(27-3)10-8-15)25-13-17(26)14-28-19-6-4-5-16(11-19)21(22,23)24/h4-7,9,11,17,25-26H,12-14H2,1-3H3. The van der Waals surface area contributed by atoms with Gasteiger partial charge < -0.3 is 19.9 Å². The summed E-state index contributed by atoms with van der Waals surface area (Å²) in [4.78, 5) is 0. The maximum Gasteiger partial charge on any atom is 0.416 e. The van der Waals surface area contributed by atoms with Crippen LogP contribution in [0, 0.1) is 12.1 Å². The van der Waals surface area contributed by atoms with E-state index < -0.39 is 17.8 Å². The molecule has 0 saturated heterocycles. The third kappa shape index (κ3) is 6.95. The van der Waals surface area contributed by atoms with Gasteiger partial charge in [-0.25, -0.2) is 0 Å². The van der Waals surface area contributed by atoms with Crippen LogP contribution in [-0.2, 0) is 12.6 Å². The zero-order valence-corrected chi connectivity index (χ0v) is 16.1. The Morgan fingerprint density at radius 3 is 2.50 bits per heavy atom. The summed E-state index contributed by atoms with van der Waals surface area (Å²) in [6, 6.07) is 14.2. The fourth-order valence-corrected chi connectivity index (χ4v) is 2.57. The van der Waals surface area contributed by atoms with Crippen LogP contribution in [0.25, 0.3) is 0 Å². The molecule has 2 aromatic carbocycles. The van der Waals surface area contributed by atoms with Crippen molar-refractivity contribution in [3.05, 3.63) is 59.7 Å². The van der Waals surface area contributed by atoms with Gasteiger partial charge in [0.2, 0.25) is 0 Å². The molecular weight excluding hydrogens is 371 g/mol. The molecule has 0 aliphatic heterocycles. The summed E-state index contributed by atoms with van der Waals surface area (Å²) in [6.07, 6.45) is -4.66. The van der Waals surface area contributed by atoms with Gasteiger partial charge in [-0.15, -0.1) is 0 Å². The van der Waals surface area contributed by atoms with E-state index in [0.717, 1.165) is 17.7 Å². The van der Waals surface area contributed by atoms with Crippen LogP contribution < -0.4 is 14.8 Å². The molecule has 0 aliphatic carbocycles. The van der Waals surface area contributed by atoms with E-state index in [9.17, 15) is 18.3 Å². The number of benzene rings is 1. The first-order valence-electron chi connectivity index (χ1n) is 8.79. The van der Waals surface area contributed by atoms with E-state index in [-0.39, 0.29) is 24.4 Å². The van der Waals surface area contributed by atoms with E-state index in [1.807, 2.05) is 19.9 Å². The summed E-state index contributed by atoms with van der Waals surface area (Å²) in [5.74, 6) is 0.674.